The number of para-hydroxylation sites is 1. The molecule has 124 valence electrons. The van der Waals surface area contributed by atoms with Crippen LogP contribution >= 0.6 is 0 Å². The molecular weight excluding hydrogens is 304 g/mol. The predicted molar refractivity (Wildman–Crippen MR) is 93.6 cm³/mol. The highest BCUT2D eigenvalue weighted by molar-refractivity contribution is 5.89. The zero-order valence-electron chi connectivity index (χ0n) is 14.1. The summed E-state index contributed by atoms with van der Waals surface area (Å²) >= 11 is 0. The van der Waals surface area contributed by atoms with E-state index in [2.05, 4.69) is 11.9 Å². The smallest absolute Gasteiger partial charge is 0.213 e. The van der Waals surface area contributed by atoms with E-state index < -0.39 is 0 Å². The van der Waals surface area contributed by atoms with E-state index in [0.29, 0.717) is 19.1 Å². The lowest BCUT2D eigenvalue weighted by Crippen LogP contribution is -2.05. The Morgan fingerprint density at radius 2 is 1.75 bits per heavy atom. The Morgan fingerprint density at radius 1 is 0.917 bits per heavy atom. The molecule has 5 heteroatoms. The highest BCUT2D eigenvalue weighted by Gasteiger charge is 2.11. The van der Waals surface area contributed by atoms with Crippen LogP contribution < -0.4 is 9.47 Å². The molecule has 0 spiro atoms. The van der Waals surface area contributed by atoms with Gasteiger partial charge in [0.1, 0.15) is 17.9 Å². The van der Waals surface area contributed by atoms with Crippen LogP contribution in [-0.4, -0.2) is 37.4 Å². The largest absolute Gasteiger partial charge is 0.489 e. The van der Waals surface area contributed by atoms with Gasteiger partial charge < -0.3 is 14.2 Å². The summed E-state index contributed by atoms with van der Waals surface area (Å²) < 4.78 is 16.1. The molecule has 24 heavy (non-hydrogen) atoms. The third-order valence-electron chi connectivity index (χ3n) is 3.75. The first-order valence-electron chi connectivity index (χ1n) is 7.76. The average molecular weight is 324 g/mol. The van der Waals surface area contributed by atoms with Crippen molar-refractivity contribution in [3.63, 3.8) is 0 Å². The Labute approximate surface area is 141 Å². The Balaban J connectivity index is 2.08. The van der Waals surface area contributed by atoms with Crippen molar-refractivity contribution in [1.29, 1.82) is 0 Å². The molecule has 0 aliphatic heterocycles. The van der Waals surface area contributed by atoms with E-state index in [1.807, 2.05) is 42.5 Å². The summed E-state index contributed by atoms with van der Waals surface area (Å²) in [6.07, 6.45) is 0. The Kier molecular flexibility index (Phi) is 4.91. The van der Waals surface area contributed by atoms with Crippen LogP contribution in [-0.2, 0) is 4.74 Å². The number of aryl methyl sites for hydroxylation is 1. The Hall–Kier alpha value is -2.66. The van der Waals surface area contributed by atoms with E-state index in [0.717, 1.165) is 33.6 Å². The lowest BCUT2D eigenvalue weighted by Gasteiger charge is -2.12. The van der Waals surface area contributed by atoms with Crippen LogP contribution in [0.4, 0.5) is 0 Å². The van der Waals surface area contributed by atoms with Crippen molar-refractivity contribution in [3.05, 3.63) is 48.0 Å². The van der Waals surface area contributed by atoms with Crippen molar-refractivity contribution in [2.75, 3.05) is 27.4 Å². The Bertz CT molecular complexity index is 849. The zero-order valence-corrected chi connectivity index (χ0v) is 14.1. The third-order valence-corrected chi connectivity index (χ3v) is 3.75. The number of benzene rings is 1. The van der Waals surface area contributed by atoms with Crippen molar-refractivity contribution in [1.82, 2.24) is 9.97 Å². The second-order valence-corrected chi connectivity index (χ2v) is 5.38. The van der Waals surface area contributed by atoms with E-state index in [9.17, 15) is 0 Å². The average Bonchev–Trinajstić information content (AvgIpc) is 2.62. The molecule has 5 nitrogen and oxygen atoms in total. The molecule has 0 saturated heterocycles. The molecule has 0 radical (unpaired) electrons. The second-order valence-electron chi connectivity index (χ2n) is 5.38. The molecule has 2 aromatic heterocycles. The standard InChI is InChI=1S/C19H20N2O3/c1-13-12-16(15-7-5-9-18(20-15)23-3)21-19-14(13)6-4-8-17(19)24-11-10-22-2/h4-9,12H,10-11H2,1-3H3. The zero-order chi connectivity index (χ0) is 16.9. The van der Waals surface area contributed by atoms with Crippen molar-refractivity contribution in [2.45, 2.75) is 6.92 Å². The maximum atomic E-state index is 5.82. The number of aromatic nitrogens is 2. The minimum Gasteiger partial charge on any atom is -0.489 e. The van der Waals surface area contributed by atoms with Gasteiger partial charge in [-0.1, -0.05) is 18.2 Å². The van der Waals surface area contributed by atoms with Gasteiger partial charge >= 0.3 is 0 Å². The molecule has 0 fully saturated rings. The fourth-order valence-corrected chi connectivity index (χ4v) is 2.55. The molecule has 0 atom stereocenters. The number of pyridine rings is 2. The van der Waals surface area contributed by atoms with E-state index in [1.165, 1.54) is 0 Å². The lowest BCUT2D eigenvalue weighted by atomic mass is 10.1. The first-order chi connectivity index (χ1) is 11.7. The molecule has 0 aliphatic rings. The van der Waals surface area contributed by atoms with Gasteiger partial charge in [0, 0.05) is 18.6 Å². The number of hydrogen-bond donors (Lipinski definition) is 0. The molecule has 0 bridgehead atoms. The number of ether oxygens (including phenoxy) is 3. The summed E-state index contributed by atoms with van der Waals surface area (Å²) in [5, 5.41) is 1.07. The van der Waals surface area contributed by atoms with Crippen LogP contribution in [0.25, 0.3) is 22.3 Å². The molecule has 0 amide bonds. The predicted octanol–water partition coefficient (Wildman–Crippen LogP) is 3.64. The van der Waals surface area contributed by atoms with Crippen LogP contribution in [0, 0.1) is 6.92 Å². The van der Waals surface area contributed by atoms with Gasteiger partial charge in [-0.2, -0.15) is 0 Å². The van der Waals surface area contributed by atoms with Crippen molar-refractivity contribution >= 4 is 10.9 Å². The summed E-state index contributed by atoms with van der Waals surface area (Å²) in [4.78, 5) is 9.25. The Morgan fingerprint density at radius 3 is 2.54 bits per heavy atom. The van der Waals surface area contributed by atoms with Gasteiger partial charge in [0.2, 0.25) is 5.88 Å². The molecule has 0 N–H and O–H groups in total. The number of nitrogens with zero attached hydrogens (tertiary/aromatic N) is 2. The molecule has 1 aromatic carbocycles. The number of methoxy groups -OCH3 is 2. The van der Waals surface area contributed by atoms with E-state index in [4.69, 9.17) is 19.2 Å². The minimum absolute atomic E-state index is 0.484. The van der Waals surface area contributed by atoms with Crippen LogP contribution in [0.2, 0.25) is 0 Å². The summed E-state index contributed by atoms with van der Waals surface area (Å²) in [5.74, 6) is 1.31. The third kappa shape index (κ3) is 3.31. The van der Waals surface area contributed by atoms with E-state index in [-0.39, 0.29) is 0 Å². The van der Waals surface area contributed by atoms with Gasteiger partial charge in [0.25, 0.3) is 0 Å². The number of rotatable bonds is 6. The van der Waals surface area contributed by atoms with Crippen LogP contribution in [0.3, 0.4) is 0 Å². The van der Waals surface area contributed by atoms with Gasteiger partial charge in [0.05, 0.1) is 25.1 Å². The fraction of sp³-hybridized carbons (Fsp3) is 0.263. The van der Waals surface area contributed by atoms with Crippen LogP contribution in [0.15, 0.2) is 42.5 Å². The second kappa shape index (κ2) is 7.27. The molecule has 0 aliphatic carbocycles. The van der Waals surface area contributed by atoms with Crippen molar-refractivity contribution in [3.8, 4) is 23.0 Å². The monoisotopic (exact) mass is 324 g/mol. The lowest BCUT2D eigenvalue weighted by molar-refractivity contribution is 0.147. The number of fused-ring (bicyclic) bond motifs is 1. The summed E-state index contributed by atoms with van der Waals surface area (Å²) in [6.45, 7) is 3.08. The molecule has 0 unspecified atom stereocenters. The highest BCUT2D eigenvalue weighted by Crippen LogP contribution is 2.30. The van der Waals surface area contributed by atoms with Gasteiger partial charge in [-0.05, 0) is 30.7 Å². The summed E-state index contributed by atoms with van der Waals surface area (Å²) in [6, 6.07) is 13.6. The molecule has 3 aromatic rings. The first kappa shape index (κ1) is 16.2. The normalized spacial score (nSPS) is 10.8. The van der Waals surface area contributed by atoms with Gasteiger partial charge in [0.15, 0.2) is 0 Å². The summed E-state index contributed by atoms with van der Waals surface area (Å²) in [5.41, 5.74) is 3.51. The molecule has 2 heterocycles. The van der Waals surface area contributed by atoms with Crippen molar-refractivity contribution < 1.29 is 14.2 Å². The van der Waals surface area contributed by atoms with Crippen LogP contribution in [0.5, 0.6) is 11.6 Å². The topological polar surface area (TPSA) is 53.5 Å². The van der Waals surface area contributed by atoms with Crippen molar-refractivity contribution in [2.24, 2.45) is 0 Å². The quantitative estimate of drug-likeness (QED) is 0.648. The van der Waals surface area contributed by atoms with Gasteiger partial charge in [-0.25, -0.2) is 9.97 Å². The minimum atomic E-state index is 0.484. The number of hydrogen-bond acceptors (Lipinski definition) is 5. The maximum Gasteiger partial charge on any atom is 0.213 e. The summed E-state index contributed by atoms with van der Waals surface area (Å²) in [7, 11) is 3.26. The fourth-order valence-electron chi connectivity index (χ4n) is 2.55. The van der Waals surface area contributed by atoms with Gasteiger partial charge in [-0.15, -0.1) is 0 Å². The van der Waals surface area contributed by atoms with Crippen LogP contribution in [0.1, 0.15) is 5.56 Å². The highest BCUT2D eigenvalue weighted by atomic mass is 16.5. The van der Waals surface area contributed by atoms with E-state index >= 15 is 0 Å². The first-order valence-corrected chi connectivity index (χ1v) is 7.76. The molecular formula is C19H20N2O3. The molecule has 0 saturated carbocycles. The van der Waals surface area contributed by atoms with Gasteiger partial charge in [-0.3, -0.25) is 0 Å². The van der Waals surface area contributed by atoms with E-state index in [1.54, 1.807) is 14.2 Å². The molecule has 3 rings (SSSR count). The maximum absolute atomic E-state index is 5.82. The SMILES string of the molecule is COCCOc1cccc2c(C)cc(-c3cccc(OC)n3)nc12.